The van der Waals surface area contributed by atoms with Crippen LogP contribution in [0.2, 0.25) is 0 Å². The van der Waals surface area contributed by atoms with Gasteiger partial charge >= 0.3 is 0 Å². The van der Waals surface area contributed by atoms with Crippen molar-refractivity contribution >= 4 is 11.8 Å². The topological polar surface area (TPSA) is 24.9 Å². The van der Waals surface area contributed by atoms with E-state index in [0.717, 1.165) is 18.0 Å². The first-order chi connectivity index (χ1) is 7.65. The highest BCUT2D eigenvalue weighted by molar-refractivity contribution is 7.99. The number of hydrogen-bond acceptors (Lipinski definition) is 3. The van der Waals surface area contributed by atoms with E-state index in [4.69, 9.17) is 0 Å². The fourth-order valence-electron chi connectivity index (χ4n) is 1.53. The summed E-state index contributed by atoms with van der Waals surface area (Å²) in [6.45, 7) is 9.85. The molecule has 0 saturated heterocycles. The van der Waals surface area contributed by atoms with Crippen molar-refractivity contribution in [2.24, 2.45) is 0 Å². The maximum atomic E-state index is 4.47. The van der Waals surface area contributed by atoms with Gasteiger partial charge in [0.05, 0.1) is 0 Å². The molecular weight excluding hydrogens is 216 g/mol. The molecule has 0 amide bonds. The summed E-state index contributed by atoms with van der Waals surface area (Å²) in [5, 5.41) is 5.25. The molecule has 1 unspecified atom stereocenters. The van der Waals surface area contributed by atoms with Crippen molar-refractivity contribution < 1.29 is 0 Å². The van der Waals surface area contributed by atoms with Crippen LogP contribution in [0, 0.1) is 0 Å². The molecule has 1 N–H and O–H groups in total. The first-order valence-corrected chi connectivity index (χ1v) is 6.88. The monoisotopic (exact) mass is 238 g/mol. The summed E-state index contributed by atoms with van der Waals surface area (Å²) in [5.41, 5.74) is 1.31. The molecule has 0 fully saturated rings. The lowest BCUT2D eigenvalue weighted by Gasteiger charge is -2.17. The minimum Gasteiger partial charge on any atom is -0.310 e. The zero-order valence-corrected chi connectivity index (χ0v) is 11.5. The highest BCUT2D eigenvalue weighted by Crippen LogP contribution is 2.28. The average Bonchev–Trinajstić information content (AvgIpc) is 2.26. The molecule has 1 aromatic heterocycles. The molecular formula is C13H22N2S. The number of nitrogens with one attached hydrogen (secondary N) is 1. The Morgan fingerprint density at radius 2 is 2.12 bits per heavy atom. The summed E-state index contributed by atoms with van der Waals surface area (Å²) in [7, 11) is 0. The molecule has 0 aromatic carbocycles. The van der Waals surface area contributed by atoms with E-state index in [2.05, 4.69) is 44.1 Å². The van der Waals surface area contributed by atoms with Crippen LogP contribution in [0.1, 0.15) is 45.7 Å². The van der Waals surface area contributed by atoms with Crippen LogP contribution in [0.5, 0.6) is 0 Å². The fourth-order valence-corrected chi connectivity index (χ4v) is 2.47. The molecule has 1 aromatic rings. The summed E-state index contributed by atoms with van der Waals surface area (Å²) in [4.78, 5) is 4.47. The van der Waals surface area contributed by atoms with Gasteiger partial charge in [-0.2, -0.15) is 0 Å². The van der Waals surface area contributed by atoms with E-state index in [1.165, 1.54) is 5.56 Å². The van der Waals surface area contributed by atoms with Crippen molar-refractivity contribution in [2.45, 2.75) is 50.4 Å². The standard InChI is InChI=1S/C13H22N2S/c1-5-8-14-11(4)12-7-6-9-15-13(12)16-10(2)3/h6-7,9-11,14H,5,8H2,1-4H3. The Kier molecular flexibility index (Phi) is 5.85. The van der Waals surface area contributed by atoms with E-state index < -0.39 is 0 Å². The van der Waals surface area contributed by atoms with Gasteiger partial charge < -0.3 is 5.32 Å². The van der Waals surface area contributed by atoms with E-state index in [0.29, 0.717) is 11.3 Å². The van der Waals surface area contributed by atoms with Gasteiger partial charge in [-0.05, 0) is 26.0 Å². The lowest BCUT2D eigenvalue weighted by Crippen LogP contribution is -2.20. The van der Waals surface area contributed by atoms with E-state index in [9.17, 15) is 0 Å². The van der Waals surface area contributed by atoms with Crippen molar-refractivity contribution in [2.75, 3.05) is 6.54 Å². The Bertz CT molecular complexity index is 313. The Morgan fingerprint density at radius 1 is 1.38 bits per heavy atom. The molecule has 16 heavy (non-hydrogen) atoms. The molecule has 3 heteroatoms. The molecule has 1 rings (SSSR count). The first-order valence-electron chi connectivity index (χ1n) is 6.00. The third-order valence-electron chi connectivity index (χ3n) is 2.31. The number of pyridine rings is 1. The van der Waals surface area contributed by atoms with Crippen molar-refractivity contribution in [3.8, 4) is 0 Å². The van der Waals surface area contributed by atoms with Crippen LogP contribution in [0.4, 0.5) is 0 Å². The molecule has 0 aliphatic rings. The summed E-state index contributed by atoms with van der Waals surface area (Å²) in [6, 6.07) is 4.57. The van der Waals surface area contributed by atoms with Crippen molar-refractivity contribution in [3.63, 3.8) is 0 Å². The van der Waals surface area contributed by atoms with Gasteiger partial charge in [-0.25, -0.2) is 4.98 Å². The Hall–Kier alpha value is -0.540. The second-order valence-electron chi connectivity index (χ2n) is 4.24. The number of thioether (sulfide) groups is 1. The lowest BCUT2D eigenvalue weighted by atomic mass is 10.1. The maximum Gasteiger partial charge on any atom is 0.101 e. The quantitative estimate of drug-likeness (QED) is 0.766. The van der Waals surface area contributed by atoms with Gasteiger partial charge in [0.25, 0.3) is 0 Å². The first kappa shape index (κ1) is 13.5. The lowest BCUT2D eigenvalue weighted by molar-refractivity contribution is 0.560. The van der Waals surface area contributed by atoms with Crippen LogP contribution in [0.3, 0.4) is 0 Å². The van der Waals surface area contributed by atoms with Crippen molar-refractivity contribution in [1.29, 1.82) is 0 Å². The van der Waals surface area contributed by atoms with Gasteiger partial charge in [0.1, 0.15) is 5.03 Å². The summed E-state index contributed by atoms with van der Waals surface area (Å²) >= 11 is 1.84. The van der Waals surface area contributed by atoms with E-state index in [1.54, 1.807) is 0 Å². The van der Waals surface area contributed by atoms with Crippen molar-refractivity contribution in [3.05, 3.63) is 23.9 Å². The molecule has 0 radical (unpaired) electrons. The average molecular weight is 238 g/mol. The minimum atomic E-state index is 0.384. The van der Waals surface area contributed by atoms with Crippen LogP contribution in [0.15, 0.2) is 23.4 Å². The van der Waals surface area contributed by atoms with E-state index >= 15 is 0 Å². The van der Waals surface area contributed by atoms with Gasteiger partial charge in [0.15, 0.2) is 0 Å². The molecule has 2 nitrogen and oxygen atoms in total. The normalized spacial score (nSPS) is 13.1. The van der Waals surface area contributed by atoms with E-state index in [-0.39, 0.29) is 0 Å². The fraction of sp³-hybridized carbons (Fsp3) is 0.615. The van der Waals surface area contributed by atoms with Crippen LogP contribution in [0.25, 0.3) is 0 Å². The third-order valence-corrected chi connectivity index (χ3v) is 3.35. The second kappa shape index (κ2) is 6.92. The summed E-state index contributed by atoms with van der Waals surface area (Å²) in [6.07, 6.45) is 3.04. The van der Waals surface area contributed by atoms with Gasteiger partial charge in [-0.3, -0.25) is 0 Å². The maximum absolute atomic E-state index is 4.47. The Morgan fingerprint density at radius 3 is 2.75 bits per heavy atom. The largest absolute Gasteiger partial charge is 0.310 e. The predicted molar refractivity (Wildman–Crippen MR) is 71.9 cm³/mol. The third kappa shape index (κ3) is 4.14. The number of hydrogen-bond donors (Lipinski definition) is 1. The molecule has 90 valence electrons. The van der Waals surface area contributed by atoms with E-state index in [1.807, 2.05) is 24.0 Å². The molecule has 0 bridgehead atoms. The molecule has 0 saturated carbocycles. The number of rotatable bonds is 6. The zero-order chi connectivity index (χ0) is 12.0. The van der Waals surface area contributed by atoms with Crippen LogP contribution >= 0.6 is 11.8 Å². The van der Waals surface area contributed by atoms with Gasteiger partial charge in [0.2, 0.25) is 0 Å². The van der Waals surface area contributed by atoms with Gasteiger partial charge in [0, 0.05) is 23.1 Å². The Balaban J connectivity index is 2.76. The van der Waals surface area contributed by atoms with Gasteiger partial charge in [-0.15, -0.1) is 11.8 Å². The highest BCUT2D eigenvalue weighted by Gasteiger charge is 2.11. The molecule has 0 aliphatic carbocycles. The molecule has 1 atom stereocenters. The number of nitrogens with zero attached hydrogens (tertiary/aromatic N) is 1. The molecule has 0 spiro atoms. The molecule has 1 heterocycles. The van der Waals surface area contributed by atoms with Gasteiger partial charge in [-0.1, -0.05) is 26.8 Å². The smallest absolute Gasteiger partial charge is 0.101 e. The summed E-state index contributed by atoms with van der Waals surface area (Å²) < 4.78 is 0. The van der Waals surface area contributed by atoms with Crippen molar-refractivity contribution in [1.82, 2.24) is 10.3 Å². The molecule has 0 aliphatic heterocycles. The Labute approximate surface area is 103 Å². The zero-order valence-electron chi connectivity index (χ0n) is 10.7. The summed E-state index contributed by atoms with van der Waals surface area (Å²) in [5.74, 6) is 0. The predicted octanol–water partition coefficient (Wildman–Crippen LogP) is 3.64. The van der Waals surface area contributed by atoms with Crippen LogP contribution < -0.4 is 5.32 Å². The second-order valence-corrected chi connectivity index (χ2v) is 5.81. The van der Waals surface area contributed by atoms with Crippen LogP contribution in [-0.4, -0.2) is 16.8 Å². The SMILES string of the molecule is CCCNC(C)c1cccnc1SC(C)C. The number of aromatic nitrogens is 1. The van der Waals surface area contributed by atoms with Crippen LogP contribution in [-0.2, 0) is 0 Å². The highest BCUT2D eigenvalue weighted by atomic mass is 32.2. The minimum absolute atomic E-state index is 0.384.